The van der Waals surface area contributed by atoms with Crippen molar-refractivity contribution in [1.82, 2.24) is 9.88 Å². The minimum atomic E-state index is -0.706. The van der Waals surface area contributed by atoms with E-state index in [9.17, 15) is 5.11 Å². The first-order valence-corrected chi connectivity index (χ1v) is 7.48. The average Bonchev–Trinajstić information content (AvgIpc) is 3.02. The van der Waals surface area contributed by atoms with E-state index in [1.54, 1.807) is 0 Å². The number of likely N-dealkylation sites (tertiary alicyclic amines) is 1. The Morgan fingerprint density at radius 2 is 1.86 bits per heavy atom. The van der Waals surface area contributed by atoms with Gasteiger partial charge in [-0.25, -0.2) is 0 Å². The van der Waals surface area contributed by atoms with E-state index in [0.717, 1.165) is 38.2 Å². The van der Waals surface area contributed by atoms with E-state index in [0.29, 0.717) is 6.61 Å². The van der Waals surface area contributed by atoms with Gasteiger partial charge in [0.2, 0.25) is 0 Å². The molecule has 4 heteroatoms. The third-order valence-corrected chi connectivity index (χ3v) is 4.09. The Kier molecular flexibility index (Phi) is 4.27. The van der Waals surface area contributed by atoms with Gasteiger partial charge in [-0.1, -0.05) is 18.2 Å². The molecule has 1 aromatic carbocycles. The zero-order valence-electron chi connectivity index (χ0n) is 12.2. The largest absolute Gasteiger partial charge is 0.491 e. The molecule has 0 unspecified atom stereocenters. The van der Waals surface area contributed by atoms with Crippen molar-refractivity contribution in [3.63, 3.8) is 0 Å². The van der Waals surface area contributed by atoms with Gasteiger partial charge >= 0.3 is 0 Å². The molecular formula is C17H22N2O2. The molecule has 0 bridgehead atoms. The third-order valence-electron chi connectivity index (χ3n) is 4.09. The van der Waals surface area contributed by atoms with E-state index in [1.165, 1.54) is 5.69 Å². The lowest BCUT2D eigenvalue weighted by Crippen LogP contribution is -2.47. The van der Waals surface area contributed by atoms with Crippen LogP contribution in [0.5, 0.6) is 5.75 Å². The van der Waals surface area contributed by atoms with Crippen LogP contribution in [0.3, 0.4) is 0 Å². The predicted octanol–water partition coefficient (Wildman–Crippen LogP) is 2.42. The summed E-state index contributed by atoms with van der Waals surface area (Å²) in [7, 11) is 0. The van der Waals surface area contributed by atoms with Crippen LogP contribution in [-0.4, -0.2) is 40.3 Å². The Balaban J connectivity index is 1.47. The highest BCUT2D eigenvalue weighted by Gasteiger charge is 2.33. The first-order chi connectivity index (χ1) is 10.2. The van der Waals surface area contributed by atoms with Gasteiger partial charge in [0.1, 0.15) is 18.0 Å². The number of H-pyrrole nitrogens is 1. The lowest BCUT2D eigenvalue weighted by molar-refractivity contribution is -0.0538. The molecule has 0 radical (unpaired) electrons. The van der Waals surface area contributed by atoms with Gasteiger partial charge in [-0.15, -0.1) is 0 Å². The zero-order valence-corrected chi connectivity index (χ0v) is 12.2. The maximum atomic E-state index is 10.6. The Bertz CT molecular complexity index is 531. The fraction of sp³-hybridized carbons (Fsp3) is 0.412. The minimum Gasteiger partial charge on any atom is -0.491 e. The first kappa shape index (κ1) is 14.2. The molecule has 0 amide bonds. The monoisotopic (exact) mass is 286 g/mol. The number of hydrogen-bond acceptors (Lipinski definition) is 3. The summed E-state index contributed by atoms with van der Waals surface area (Å²) in [6, 6.07) is 13.8. The molecule has 2 N–H and O–H groups in total. The maximum Gasteiger partial charge on any atom is 0.119 e. The molecule has 4 nitrogen and oxygen atoms in total. The predicted molar refractivity (Wildman–Crippen MR) is 82.2 cm³/mol. The van der Waals surface area contributed by atoms with Crippen molar-refractivity contribution in [2.45, 2.75) is 25.0 Å². The lowest BCUT2D eigenvalue weighted by atomic mass is 9.92. The number of rotatable bonds is 5. The summed E-state index contributed by atoms with van der Waals surface area (Å²) in [5.74, 6) is 0.819. The van der Waals surface area contributed by atoms with Crippen molar-refractivity contribution in [1.29, 1.82) is 0 Å². The second-order valence-corrected chi connectivity index (χ2v) is 5.80. The van der Waals surface area contributed by atoms with Gasteiger partial charge in [0.15, 0.2) is 0 Å². The van der Waals surface area contributed by atoms with E-state index in [4.69, 9.17) is 4.74 Å². The molecule has 0 atom stereocenters. The number of para-hydroxylation sites is 1. The van der Waals surface area contributed by atoms with Crippen LogP contribution >= 0.6 is 0 Å². The fourth-order valence-corrected chi connectivity index (χ4v) is 2.71. The zero-order chi connectivity index (χ0) is 14.5. The van der Waals surface area contributed by atoms with Gasteiger partial charge in [-0.05, 0) is 37.1 Å². The molecule has 1 aliphatic rings. The van der Waals surface area contributed by atoms with Crippen LogP contribution in [0.2, 0.25) is 0 Å². The highest BCUT2D eigenvalue weighted by Crippen LogP contribution is 2.24. The van der Waals surface area contributed by atoms with E-state index < -0.39 is 5.60 Å². The van der Waals surface area contributed by atoms with E-state index >= 15 is 0 Å². The minimum absolute atomic E-state index is 0.368. The second kappa shape index (κ2) is 6.33. The number of aromatic nitrogens is 1. The highest BCUT2D eigenvalue weighted by atomic mass is 16.5. The molecule has 1 saturated heterocycles. The number of nitrogens with one attached hydrogen (secondary N) is 1. The van der Waals surface area contributed by atoms with Crippen molar-refractivity contribution in [2.75, 3.05) is 19.7 Å². The molecule has 1 aromatic heterocycles. The number of aliphatic hydroxyl groups is 1. The number of piperidine rings is 1. The Morgan fingerprint density at radius 3 is 2.52 bits per heavy atom. The van der Waals surface area contributed by atoms with Crippen molar-refractivity contribution < 1.29 is 9.84 Å². The van der Waals surface area contributed by atoms with Crippen molar-refractivity contribution >= 4 is 0 Å². The van der Waals surface area contributed by atoms with Crippen LogP contribution in [-0.2, 0) is 6.54 Å². The number of benzene rings is 1. The Labute approximate surface area is 125 Å². The van der Waals surface area contributed by atoms with E-state index in [1.807, 2.05) is 42.6 Å². The standard InChI is InChI=1S/C17H22N2O2/c20-17(14-21-16-6-2-1-3-7-16)8-11-19(12-9-17)13-15-5-4-10-18-15/h1-7,10,18,20H,8-9,11-14H2. The summed E-state index contributed by atoms with van der Waals surface area (Å²) in [6.45, 7) is 3.08. The Morgan fingerprint density at radius 1 is 1.10 bits per heavy atom. The fourth-order valence-electron chi connectivity index (χ4n) is 2.71. The second-order valence-electron chi connectivity index (χ2n) is 5.80. The van der Waals surface area contributed by atoms with Gasteiger partial charge in [0.05, 0.1) is 0 Å². The number of ether oxygens (including phenoxy) is 1. The number of hydrogen-bond donors (Lipinski definition) is 2. The molecule has 1 aliphatic heterocycles. The van der Waals surface area contributed by atoms with Crippen LogP contribution in [0.15, 0.2) is 48.7 Å². The van der Waals surface area contributed by atoms with Gasteiger partial charge in [0.25, 0.3) is 0 Å². The van der Waals surface area contributed by atoms with Crippen molar-refractivity contribution in [3.05, 3.63) is 54.4 Å². The van der Waals surface area contributed by atoms with Gasteiger partial charge < -0.3 is 14.8 Å². The highest BCUT2D eigenvalue weighted by molar-refractivity contribution is 5.21. The normalized spacial score (nSPS) is 18.5. The summed E-state index contributed by atoms with van der Waals surface area (Å²) in [5.41, 5.74) is 0.517. The topological polar surface area (TPSA) is 48.5 Å². The molecule has 112 valence electrons. The van der Waals surface area contributed by atoms with E-state index in [2.05, 4.69) is 16.0 Å². The molecule has 2 heterocycles. The maximum absolute atomic E-state index is 10.6. The van der Waals surface area contributed by atoms with Crippen LogP contribution < -0.4 is 4.74 Å². The van der Waals surface area contributed by atoms with Gasteiger partial charge in [-0.2, -0.15) is 0 Å². The third kappa shape index (κ3) is 3.86. The quantitative estimate of drug-likeness (QED) is 0.887. The molecule has 1 fully saturated rings. The van der Waals surface area contributed by atoms with Crippen LogP contribution in [0, 0.1) is 0 Å². The summed E-state index contributed by atoms with van der Waals surface area (Å²) in [5, 5.41) is 10.6. The summed E-state index contributed by atoms with van der Waals surface area (Å²) < 4.78 is 5.71. The molecule has 0 saturated carbocycles. The molecule has 3 rings (SSSR count). The molecule has 0 aliphatic carbocycles. The van der Waals surface area contributed by atoms with Crippen LogP contribution in [0.1, 0.15) is 18.5 Å². The Hall–Kier alpha value is -1.78. The lowest BCUT2D eigenvalue weighted by Gasteiger charge is -2.37. The van der Waals surface area contributed by atoms with Gasteiger partial charge in [0, 0.05) is 31.5 Å². The summed E-state index contributed by atoms with van der Waals surface area (Å²) >= 11 is 0. The smallest absolute Gasteiger partial charge is 0.119 e. The van der Waals surface area contributed by atoms with E-state index in [-0.39, 0.29) is 0 Å². The molecular weight excluding hydrogens is 264 g/mol. The van der Waals surface area contributed by atoms with Crippen molar-refractivity contribution in [3.8, 4) is 5.75 Å². The first-order valence-electron chi connectivity index (χ1n) is 7.48. The van der Waals surface area contributed by atoms with Crippen molar-refractivity contribution in [2.24, 2.45) is 0 Å². The van der Waals surface area contributed by atoms with Crippen LogP contribution in [0.25, 0.3) is 0 Å². The number of aromatic amines is 1. The summed E-state index contributed by atoms with van der Waals surface area (Å²) in [6.07, 6.45) is 3.45. The molecule has 21 heavy (non-hydrogen) atoms. The van der Waals surface area contributed by atoms with Gasteiger partial charge in [-0.3, -0.25) is 4.90 Å². The SMILES string of the molecule is OC1(COc2ccccc2)CCN(Cc2ccc[nH]2)CC1. The molecule has 2 aromatic rings. The average molecular weight is 286 g/mol. The molecule has 0 spiro atoms. The number of nitrogens with zero attached hydrogens (tertiary/aromatic N) is 1. The van der Waals surface area contributed by atoms with Crippen LogP contribution in [0.4, 0.5) is 0 Å². The summed E-state index contributed by atoms with van der Waals surface area (Å²) in [4.78, 5) is 5.59.